The number of aromatic nitrogens is 1. The van der Waals surface area contributed by atoms with E-state index < -0.39 is 0 Å². The van der Waals surface area contributed by atoms with Crippen LogP contribution in [0.4, 0.5) is 5.88 Å². The Kier molecular flexibility index (Phi) is 3.53. The maximum atomic E-state index is 11.6. The molecule has 1 saturated heterocycles. The zero-order valence-corrected chi connectivity index (χ0v) is 9.23. The van der Waals surface area contributed by atoms with Crippen molar-refractivity contribution in [3.8, 4) is 0 Å². The lowest BCUT2D eigenvalue weighted by atomic mass is 10.4. The number of ether oxygens (including phenoxy) is 1. The molecule has 88 valence electrons. The molecule has 0 aliphatic carbocycles. The first-order valence-electron chi connectivity index (χ1n) is 5.27. The minimum absolute atomic E-state index is 0.0851. The third-order valence-electron chi connectivity index (χ3n) is 2.36. The Bertz CT molecular complexity index is 358. The highest BCUT2D eigenvalue weighted by atomic mass is 16.5. The summed E-state index contributed by atoms with van der Waals surface area (Å²) in [5.41, 5.74) is 0.752. The van der Waals surface area contributed by atoms with E-state index in [0.717, 1.165) is 18.8 Å². The number of anilines is 1. The van der Waals surface area contributed by atoms with E-state index in [9.17, 15) is 4.79 Å². The first-order chi connectivity index (χ1) is 7.74. The highest BCUT2D eigenvalue weighted by molar-refractivity contribution is 5.90. The van der Waals surface area contributed by atoms with Crippen LogP contribution in [0.25, 0.3) is 0 Å². The van der Waals surface area contributed by atoms with E-state index in [1.54, 1.807) is 13.0 Å². The smallest absolute Gasteiger partial charge is 0.240 e. The maximum absolute atomic E-state index is 11.6. The van der Waals surface area contributed by atoms with Gasteiger partial charge in [-0.05, 0) is 6.92 Å². The summed E-state index contributed by atoms with van der Waals surface area (Å²) in [6.45, 7) is 5.14. The zero-order valence-electron chi connectivity index (χ0n) is 9.23. The topological polar surface area (TPSA) is 67.6 Å². The molecule has 0 atom stereocenters. The number of nitrogens with zero attached hydrogens (tertiary/aromatic N) is 2. The summed E-state index contributed by atoms with van der Waals surface area (Å²) in [7, 11) is 0. The highest BCUT2D eigenvalue weighted by Crippen LogP contribution is 2.08. The van der Waals surface area contributed by atoms with Gasteiger partial charge >= 0.3 is 0 Å². The molecule has 6 heteroatoms. The third-order valence-corrected chi connectivity index (χ3v) is 2.36. The summed E-state index contributed by atoms with van der Waals surface area (Å²) >= 11 is 0. The summed E-state index contributed by atoms with van der Waals surface area (Å²) in [6, 6.07) is 1.69. The van der Waals surface area contributed by atoms with Crippen molar-refractivity contribution in [2.24, 2.45) is 0 Å². The molecule has 1 fully saturated rings. The maximum Gasteiger partial charge on any atom is 0.240 e. The van der Waals surface area contributed by atoms with Gasteiger partial charge in [0.1, 0.15) is 0 Å². The fourth-order valence-corrected chi connectivity index (χ4v) is 1.56. The van der Waals surface area contributed by atoms with E-state index in [1.165, 1.54) is 0 Å². The van der Waals surface area contributed by atoms with Gasteiger partial charge in [-0.25, -0.2) is 0 Å². The Morgan fingerprint density at radius 2 is 2.31 bits per heavy atom. The molecule has 0 saturated carbocycles. The summed E-state index contributed by atoms with van der Waals surface area (Å²) in [6.07, 6.45) is 0. The lowest BCUT2D eigenvalue weighted by Crippen LogP contribution is -2.41. The van der Waals surface area contributed by atoms with E-state index in [1.807, 2.05) is 4.90 Å². The molecular formula is C10H15N3O3. The van der Waals surface area contributed by atoms with Gasteiger partial charge in [0.25, 0.3) is 0 Å². The molecule has 2 rings (SSSR count). The summed E-state index contributed by atoms with van der Waals surface area (Å²) in [5, 5.41) is 6.35. The van der Waals surface area contributed by atoms with Gasteiger partial charge in [-0.15, -0.1) is 0 Å². The molecule has 1 aromatic rings. The summed E-state index contributed by atoms with van der Waals surface area (Å²) < 4.78 is 10.1. The van der Waals surface area contributed by atoms with Gasteiger partial charge in [-0.3, -0.25) is 15.0 Å². The van der Waals surface area contributed by atoms with Crippen LogP contribution in [0.3, 0.4) is 0 Å². The number of nitrogens with one attached hydrogen (secondary N) is 1. The van der Waals surface area contributed by atoms with Crippen LogP contribution >= 0.6 is 0 Å². The van der Waals surface area contributed by atoms with Crippen LogP contribution in [-0.4, -0.2) is 48.8 Å². The van der Waals surface area contributed by atoms with Crippen molar-refractivity contribution in [2.45, 2.75) is 6.92 Å². The molecule has 1 N–H and O–H groups in total. The van der Waals surface area contributed by atoms with Gasteiger partial charge in [-0.1, -0.05) is 5.16 Å². The van der Waals surface area contributed by atoms with Gasteiger partial charge in [0.05, 0.1) is 25.5 Å². The number of aryl methyl sites for hydroxylation is 1. The first-order valence-corrected chi connectivity index (χ1v) is 5.27. The van der Waals surface area contributed by atoms with Gasteiger partial charge in [0, 0.05) is 19.2 Å². The quantitative estimate of drug-likeness (QED) is 0.798. The van der Waals surface area contributed by atoms with E-state index in [4.69, 9.17) is 9.26 Å². The minimum Gasteiger partial charge on any atom is -0.379 e. The number of carbonyl (C=O) groups excluding carboxylic acids is 1. The van der Waals surface area contributed by atoms with Gasteiger partial charge in [0.2, 0.25) is 11.8 Å². The second-order valence-corrected chi connectivity index (χ2v) is 3.77. The van der Waals surface area contributed by atoms with Crippen molar-refractivity contribution in [1.82, 2.24) is 10.1 Å². The SMILES string of the molecule is Cc1cc(NC(=O)CN2CCOCC2)on1. The van der Waals surface area contributed by atoms with E-state index in [-0.39, 0.29) is 5.91 Å². The van der Waals surface area contributed by atoms with Crippen LogP contribution < -0.4 is 5.32 Å². The standard InChI is InChI=1S/C10H15N3O3/c1-8-6-10(16-12-8)11-9(14)7-13-2-4-15-5-3-13/h6H,2-5,7H2,1H3,(H,11,14). The molecule has 2 heterocycles. The minimum atomic E-state index is -0.0851. The molecule has 0 bridgehead atoms. The van der Waals surface area contributed by atoms with Crippen molar-refractivity contribution in [3.63, 3.8) is 0 Å². The monoisotopic (exact) mass is 225 g/mol. The number of amides is 1. The Morgan fingerprint density at radius 3 is 2.94 bits per heavy atom. The van der Waals surface area contributed by atoms with E-state index in [2.05, 4.69) is 10.5 Å². The van der Waals surface area contributed by atoms with Crippen molar-refractivity contribution < 1.29 is 14.1 Å². The van der Waals surface area contributed by atoms with E-state index in [0.29, 0.717) is 25.6 Å². The zero-order chi connectivity index (χ0) is 11.4. The predicted octanol–water partition coefficient (Wildman–Crippen LogP) is 0.254. The second-order valence-electron chi connectivity index (χ2n) is 3.77. The average Bonchev–Trinajstić information content (AvgIpc) is 2.65. The first kappa shape index (κ1) is 11.1. The highest BCUT2D eigenvalue weighted by Gasteiger charge is 2.15. The fourth-order valence-electron chi connectivity index (χ4n) is 1.56. The second kappa shape index (κ2) is 5.09. The fraction of sp³-hybridized carbons (Fsp3) is 0.600. The Labute approximate surface area is 93.5 Å². The third kappa shape index (κ3) is 3.04. The Hall–Kier alpha value is -1.40. The average molecular weight is 225 g/mol. The molecular weight excluding hydrogens is 210 g/mol. The largest absolute Gasteiger partial charge is 0.379 e. The van der Waals surface area contributed by atoms with Crippen LogP contribution in [0.2, 0.25) is 0 Å². The van der Waals surface area contributed by atoms with Crippen molar-refractivity contribution in [3.05, 3.63) is 11.8 Å². The molecule has 6 nitrogen and oxygen atoms in total. The molecule has 0 aromatic carbocycles. The molecule has 0 spiro atoms. The molecule has 16 heavy (non-hydrogen) atoms. The van der Waals surface area contributed by atoms with Crippen LogP contribution in [0.1, 0.15) is 5.69 Å². The van der Waals surface area contributed by atoms with Crippen molar-refractivity contribution in [1.29, 1.82) is 0 Å². The van der Waals surface area contributed by atoms with Crippen LogP contribution in [0.5, 0.6) is 0 Å². The number of morpholine rings is 1. The number of hydrogen-bond acceptors (Lipinski definition) is 5. The van der Waals surface area contributed by atoms with Crippen LogP contribution in [0, 0.1) is 6.92 Å². The number of rotatable bonds is 3. The van der Waals surface area contributed by atoms with E-state index >= 15 is 0 Å². The molecule has 0 radical (unpaired) electrons. The van der Waals surface area contributed by atoms with Gasteiger partial charge in [0.15, 0.2) is 0 Å². The molecule has 1 aliphatic rings. The van der Waals surface area contributed by atoms with Gasteiger partial charge in [-0.2, -0.15) is 0 Å². The molecule has 1 amide bonds. The number of carbonyl (C=O) groups is 1. The molecule has 1 aliphatic heterocycles. The van der Waals surface area contributed by atoms with Crippen molar-refractivity contribution >= 4 is 11.8 Å². The Balaban J connectivity index is 1.79. The van der Waals surface area contributed by atoms with Crippen LogP contribution in [-0.2, 0) is 9.53 Å². The predicted molar refractivity (Wildman–Crippen MR) is 57.1 cm³/mol. The summed E-state index contributed by atoms with van der Waals surface area (Å²) in [5.74, 6) is 0.314. The summed E-state index contributed by atoms with van der Waals surface area (Å²) in [4.78, 5) is 13.7. The van der Waals surface area contributed by atoms with Crippen molar-refractivity contribution in [2.75, 3.05) is 38.2 Å². The lowest BCUT2D eigenvalue weighted by Gasteiger charge is -2.25. The lowest BCUT2D eigenvalue weighted by molar-refractivity contribution is -0.118. The Morgan fingerprint density at radius 1 is 1.56 bits per heavy atom. The molecule has 1 aromatic heterocycles. The number of hydrogen-bond donors (Lipinski definition) is 1. The van der Waals surface area contributed by atoms with Gasteiger partial charge < -0.3 is 9.26 Å². The van der Waals surface area contributed by atoms with Crippen LogP contribution in [0.15, 0.2) is 10.6 Å². The molecule has 0 unspecified atom stereocenters. The normalized spacial score (nSPS) is 17.3.